The van der Waals surface area contributed by atoms with Crippen molar-refractivity contribution in [2.75, 3.05) is 6.54 Å². The molecule has 2 heteroatoms. The fraction of sp³-hybridized carbons (Fsp3) is 0.478. The van der Waals surface area contributed by atoms with Crippen molar-refractivity contribution in [3.8, 4) is 11.5 Å². The highest BCUT2D eigenvalue weighted by Gasteiger charge is 2.41. The van der Waals surface area contributed by atoms with Crippen molar-refractivity contribution in [2.45, 2.75) is 64.6 Å². The van der Waals surface area contributed by atoms with Crippen molar-refractivity contribution >= 4 is 18.8 Å². The van der Waals surface area contributed by atoms with E-state index in [1.165, 1.54) is 21.9 Å². The van der Waals surface area contributed by atoms with Crippen LogP contribution in [0.2, 0.25) is 16.6 Å². The number of hydrogen-bond donors (Lipinski definition) is 1. The van der Waals surface area contributed by atoms with Crippen LogP contribution in [0, 0.1) is 11.5 Å². The third-order valence-corrected chi connectivity index (χ3v) is 12.0. The van der Waals surface area contributed by atoms with Crippen LogP contribution in [0.25, 0.3) is 10.8 Å². The van der Waals surface area contributed by atoms with E-state index in [2.05, 4.69) is 89.4 Å². The predicted octanol–water partition coefficient (Wildman–Crippen LogP) is 5.91. The summed E-state index contributed by atoms with van der Waals surface area (Å²) >= 11 is 0. The van der Waals surface area contributed by atoms with E-state index in [0.29, 0.717) is 23.2 Å². The van der Waals surface area contributed by atoms with E-state index in [9.17, 15) is 0 Å². The van der Waals surface area contributed by atoms with Gasteiger partial charge in [-0.3, -0.25) is 0 Å². The first-order valence-corrected chi connectivity index (χ1v) is 11.8. The Hall–Kier alpha value is -1.56. The van der Waals surface area contributed by atoms with E-state index < -0.39 is 8.07 Å². The Labute approximate surface area is 155 Å². The minimum absolute atomic E-state index is 0.646. The molecule has 2 aromatic rings. The molecule has 2 aromatic carbocycles. The maximum Gasteiger partial charge on any atom is 0.146 e. The van der Waals surface area contributed by atoms with Gasteiger partial charge in [0.25, 0.3) is 0 Å². The second-order valence-corrected chi connectivity index (χ2v) is 13.6. The fourth-order valence-electron chi connectivity index (χ4n) is 4.43. The molecule has 0 aliphatic carbocycles. The summed E-state index contributed by atoms with van der Waals surface area (Å²) in [7, 11) is -1.74. The maximum absolute atomic E-state index is 5.86. The summed E-state index contributed by atoms with van der Waals surface area (Å²) in [6, 6.07) is 13.0. The molecule has 134 valence electrons. The van der Waals surface area contributed by atoms with Crippen molar-refractivity contribution in [2.24, 2.45) is 5.73 Å². The van der Waals surface area contributed by atoms with Crippen LogP contribution in [-0.4, -0.2) is 14.6 Å². The van der Waals surface area contributed by atoms with Crippen molar-refractivity contribution in [1.29, 1.82) is 0 Å². The van der Waals surface area contributed by atoms with E-state index in [-0.39, 0.29) is 0 Å². The zero-order valence-corrected chi connectivity index (χ0v) is 17.7. The normalized spacial score (nSPS) is 12.1. The molecule has 0 amide bonds. The Bertz CT molecular complexity index is 756. The van der Waals surface area contributed by atoms with Gasteiger partial charge in [-0.1, -0.05) is 83.9 Å². The summed E-state index contributed by atoms with van der Waals surface area (Å²) in [6.07, 6.45) is 0.883. The highest BCUT2D eigenvalue weighted by molar-refractivity contribution is 6.90. The van der Waals surface area contributed by atoms with Gasteiger partial charge >= 0.3 is 0 Å². The zero-order chi connectivity index (χ0) is 18.6. The molecule has 0 heterocycles. The summed E-state index contributed by atoms with van der Waals surface area (Å²) in [5.74, 6) is 3.68. The van der Waals surface area contributed by atoms with Crippen LogP contribution in [0.5, 0.6) is 0 Å². The molecular weight excluding hydrogens is 318 g/mol. The van der Waals surface area contributed by atoms with Crippen LogP contribution in [0.4, 0.5) is 0 Å². The standard InChI is InChI=1S/C23H33NSi/c1-17(2)25(18(3)4,19(5)6)16-14-23-21(13-15-24)12-11-20-9-7-8-10-22(20)23/h7-12,17-19H,13,15,24H2,1-6H3. The van der Waals surface area contributed by atoms with Gasteiger partial charge in [-0.05, 0) is 45.9 Å². The molecule has 0 atom stereocenters. The molecule has 2 rings (SSSR count). The third kappa shape index (κ3) is 3.83. The minimum atomic E-state index is -1.74. The molecule has 1 nitrogen and oxygen atoms in total. The Morgan fingerprint density at radius 3 is 2.04 bits per heavy atom. The Balaban J connectivity index is 2.70. The second-order valence-electron chi connectivity index (χ2n) is 8.01. The van der Waals surface area contributed by atoms with Crippen LogP contribution in [0.1, 0.15) is 52.7 Å². The molecule has 0 spiro atoms. The van der Waals surface area contributed by atoms with Crippen LogP contribution < -0.4 is 5.73 Å². The summed E-state index contributed by atoms with van der Waals surface area (Å²) in [6.45, 7) is 14.9. The number of fused-ring (bicyclic) bond motifs is 1. The smallest absolute Gasteiger partial charge is 0.146 e. The lowest BCUT2D eigenvalue weighted by atomic mass is 9.97. The molecule has 0 saturated heterocycles. The lowest BCUT2D eigenvalue weighted by molar-refractivity contribution is 0.838. The number of rotatable bonds is 5. The molecule has 0 unspecified atom stereocenters. The maximum atomic E-state index is 5.86. The lowest BCUT2D eigenvalue weighted by Gasteiger charge is -2.38. The number of benzene rings is 2. The summed E-state index contributed by atoms with van der Waals surface area (Å²) in [5.41, 5.74) is 14.2. The van der Waals surface area contributed by atoms with Gasteiger partial charge < -0.3 is 5.73 Å². The fourth-order valence-corrected chi connectivity index (χ4v) is 9.64. The second kappa shape index (κ2) is 8.21. The van der Waals surface area contributed by atoms with E-state index >= 15 is 0 Å². The van der Waals surface area contributed by atoms with E-state index in [4.69, 9.17) is 5.73 Å². The molecule has 0 aromatic heterocycles. The first-order valence-electron chi connectivity index (χ1n) is 9.58. The first kappa shape index (κ1) is 19.8. The van der Waals surface area contributed by atoms with Gasteiger partial charge in [0, 0.05) is 5.56 Å². The topological polar surface area (TPSA) is 26.0 Å². The quantitative estimate of drug-likeness (QED) is 0.526. The Morgan fingerprint density at radius 1 is 0.880 bits per heavy atom. The van der Waals surface area contributed by atoms with Gasteiger partial charge in [0.1, 0.15) is 8.07 Å². The number of nitrogens with two attached hydrogens (primary N) is 1. The Morgan fingerprint density at radius 2 is 1.48 bits per heavy atom. The third-order valence-electron chi connectivity index (χ3n) is 5.70. The van der Waals surface area contributed by atoms with Gasteiger partial charge in [0.05, 0.1) is 0 Å². The Kier molecular flexibility index (Phi) is 6.49. The SMILES string of the molecule is CC(C)[Si](C#Cc1c(CCN)ccc2ccccc12)(C(C)C)C(C)C. The van der Waals surface area contributed by atoms with Crippen molar-refractivity contribution in [3.05, 3.63) is 47.5 Å². The first-order chi connectivity index (χ1) is 11.8. The van der Waals surface area contributed by atoms with Crippen LogP contribution in [0.15, 0.2) is 36.4 Å². The highest BCUT2D eigenvalue weighted by atomic mass is 28.3. The highest BCUT2D eigenvalue weighted by Crippen LogP contribution is 2.41. The minimum Gasteiger partial charge on any atom is -0.330 e. The summed E-state index contributed by atoms with van der Waals surface area (Å²) in [4.78, 5) is 0. The van der Waals surface area contributed by atoms with Crippen LogP contribution in [-0.2, 0) is 6.42 Å². The van der Waals surface area contributed by atoms with Gasteiger partial charge in [-0.15, -0.1) is 5.54 Å². The molecule has 2 N–H and O–H groups in total. The molecule has 0 radical (unpaired) electrons. The average Bonchev–Trinajstić information content (AvgIpc) is 2.56. The molecule has 0 fully saturated rings. The molecular formula is C23H33NSi. The molecule has 0 saturated carbocycles. The monoisotopic (exact) mass is 351 g/mol. The van der Waals surface area contributed by atoms with Gasteiger partial charge in [-0.2, -0.15) is 0 Å². The van der Waals surface area contributed by atoms with Crippen LogP contribution >= 0.6 is 0 Å². The summed E-state index contributed by atoms with van der Waals surface area (Å²) in [5, 5.41) is 2.53. The largest absolute Gasteiger partial charge is 0.330 e. The van der Waals surface area contributed by atoms with Gasteiger partial charge in [-0.25, -0.2) is 0 Å². The molecule has 0 aliphatic rings. The van der Waals surface area contributed by atoms with Crippen LogP contribution in [0.3, 0.4) is 0 Å². The zero-order valence-electron chi connectivity index (χ0n) is 16.7. The van der Waals surface area contributed by atoms with E-state index in [0.717, 1.165) is 6.42 Å². The van der Waals surface area contributed by atoms with Gasteiger partial charge in [0.2, 0.25) is 0 Å². The average molecular weight is 352 g/mol. The molecule has 25 heavy (non-hydrogen) atoms. The molecule has 0 bridgehead atoms. The number of hydrogen-bond acceptors (Lipinski definition) is 1. The van der Waals surface area contributed by atoms with Crippen molar-refractivity contribution < 1.29 is 0 Å². The van der Waals surface area contributed by atoms with E-state index in [1.54, 1.807) is 0 Å². The van der Waals surface area contributed by atoms with Gasteiger partial charge in [0.15, 0.2) is 0 Å². The lowest BCUT2D eigenvalue weighted by Crippen LogP contribution is -2.43. The summed E-state index contributed by atoms with van der Waals surface area (Å²) < 4.78 is 0. The molecule has 0 aliphatic heterocycles. The predicted molar refractivity (Wildman–Crippen MR) is 115 cm³/mol. The van der Waals surface area contributed by atoms with Crippen molar-refractivity contribution in [1.82, 2.24) is 0 Å². The van der Waals surface area contributed by atoms with E-state index in [1.807, 2.05) is 0 Å². The van der Waals surface area contributed by atoms with Crippen molar-refractivity contribution in [3.63, 3.8) is 0 Å².